The molecule has 2 aromatic carbocycles. The zero-order valence-corrected chi connectivity index (χ0v) is 15.7. The third kappa shape index (κ3) is 4.26. The van der Waals surface area contributed by atoms with E-state index in [4.69, 9.17) is 11.1 Å². The number of nitrogens with two attached hydrogens (primary N) is 1. The van der Waals surface area contributed by atoms with Gasteiger partial charge < -0.3 is 20.9 Å². The number of primary amides is 1. The van der Waals surface area contributed by atoms with Crippen LogP contribution in [0.25, 0.3) is 0 Å². The Hall–Kier alpha value is -3.06. The first-order chi connectivity index (χ1) is 13.4. The molecule has 0 saturated carbocycles. The number of piperazine rings is 1. The van der Waals surface area contributed by atoms with Crippen molar-refractivity contribution in [3.8, 4) is 0 Å². The summed E-state index contributed by atoms with van der Waals surface area (Å²) < 4.78 is 14.3. The van der Waals surface area contributed by atoms with Gasteiger partial charge in [-0.1, -0.05) is 24.3 Å². The average Bonchev–Trinajstić information content (AvgIpc) is 2.69. The molecule has 0 bridgehead atoms. The molecule has 0 atom stereocenters. The van der Waals surface area contributed by atoms with Crippen LogP contribution in [0.4, 0.5) is 4.39 Å². The first-order valence-corrected chi connectivity index (χ1v) is 9.09. The topological polar surface area (TPSA) is 90.5 Å². The summed E-state index contributed by atoms with van der Waals surface area (Å²) in [4.78, 5) is 28.1. The Kier molecular flexibility index (Phi) is 5.84. The molecule has 1 aliphatic rings. The van der Waals surface area contributed by atoms with Crippen LogP contribution in [0, 0.1) is 11.2 Å². The number of hydrogen-bond acceptors (Lipinski definition) is 4. The van der Waals surface area contributed by atoms with Crippen LogP contribution >= 0.6 is 0 Å². The minimum Gasteiger partial charge on any atom is -0.366 e. The van der Waals surface area contributed by atoms with E-state index in [9.17, 15) is 14.0 Å². The monoisotopic (exact) mass is 382 g/mol. The summed E-state index contributed by atoms with van der Waals surface area (Å²) in [5.74, 6) is -1.52. The number of nitrogens with zero attached hydrogens (tertiary/aromatic N) is 2. The lowest BCUT2D eigenvalue weighted by Gasteiger charge is -2.32. The van der Waals surface area contributed by atoms with Gasteiger partial charge in [0.1, 0.15) is 5.82 Å². The van der Waals surface area contributed by atoms with E-state index in [1.54, 1.807) is 35.2 Å². The maximum atomic E-state index is 14.3. The number of benzene rings is 2. The predicted octanol–water partition coefficient (Wildman–Crippen LogP) is 1.92. The van der Waals surface area contributed by atoms with Crippen molar-refractivity contribution in [2.45, 2.75) is 6.42 Å². The normalized spacial score (nSPS) is 14.7. The van der Waals surface area contributed by atoms with Gasteiger partial charge in [0, 0.05) is 49.4 Å². The number of likely N-dealkylation sites (N-methyl/N-ethyl adjacent to an activating group) is 1. The maximum Gasteiger partial charge on any atom is 0.256 e. The number of halogens is 1. The Bertz CT molecular complexity index is 920. The summed E-state index contributed by atoms with van der Waals surface area (Å²) in [7, 11) is 1.98. The van der Waals surface area contributed by atoms with Gasteiger partial charge in [0.2, 0.25) is 5.91 Å². The van der Waals surface area contributed by atoms with Gasteiger partial charge in [0.15, 0.2) is 0 Å². The molecule has 146 valence electrons. The number of amides is 2. The minimum absolute atomic E-state index is 0.0121. The van der Waals surface area contributed by atoms with Crippen molar-refractivity contribution < 1.29 is 14.0 Å². The summed E-state index contributed by atoms with van der Waals surface area (Å²) in [6.07, 6.45) is 0.160. The smallest absolute Gasteiger partial charge is 0.256 e. The van der Waals surface area contributed by atoms with Gasteiger partial charge in [-0.05, 0) is 30.8 Å². The van der Waals surface area contributed by atoms with Crippen LogP contribution in [-0.4, -0.2) is 60.6 Å². The van der Waals surface area contributed by atoms with E-state index in [-0.39, 0.29) is 29.2 Å². The number of hydrogen-bond donors (Lipinski definition) is 2. The van der Waals surface area contributed by atoms with Crippen LogP contribution < -0.4 is 5.73 Å². The molecule has 3 rings (SSSR count). The van der Waals surface area contributed by atoms with Gasteiger partial charge in [-0.2, -0.15) is 0 Å². The Labute approximate surface area is 163 Å². The largest absolute Gasteiger partial charge is 0.366 e. The van der Waals surface area contributed by atoms with Gasteiger partial charge in [0.05, 0.1) is 5.56 Å². The molecule has 1 aliphatic heterocycles. The quantitative estimate of drug-likeness (QED) is 0.774. The van der Waals surface area contributed by atoms with Gasteiger partial charge in [-0.3, -0.25) is 9.59 Å². The lowest BCUT2D eigenvalue weighted by molar-refractivity contribution is 0.0659. The molecule has 6 nitrogen and oxygen atoms in total. The molecular weight excluding hydrogens is 359 g/mol. The second-order valence-electron chi connectivity index (χ2n) is 6.97. The van der Waals surface area contributed by atoms with Crippen LogP contribution in [0.1, 0.15) is 31.8 Å². The summed E-state index contributed by atoms with van der Waals surface area (Å²) in [5.41, 5.74) is 6.91. The molecule has 2 aromatic rings. The van der Waals surface area contributed by atoms with Crippen molar-refractivity contribution in [2.24, 2.45) is 5.73 Å². The second kappa shape index (κ2) is 8.31. The SMILES string of the molecule is CN1CCN(C(=O)c2cc(CC(=N)c3ccccc3C(N)=O)ccc2F)CC1. The molecule has 2 amide bonds. The van der Waals surface area contributed by atoms with Crippen LogP contribution in [-0.2, 0) is 6.42 Å². The molecule has 0 aliphatic carbocycles. The number of rotatable bonds is 5. The lowest BCUT2D eigenvalue weighted by atomic mass is 9.96. The van der Waals surface area contributed by atoms with Crippen molar-refractivity contribution in [3.63, 3.8) is 0 Å². The highest BCUT2D eigenvalue weighted by Gasteiger charge is 2.23. The number of carbonyl (C=O) groups is 2. The average molecular weight is 382 g/mol. The Morgan fingerprint density at radius 3 is 2.32 bits per heavy atom. The van der Waals surface area contributed by atoms with E-state index in [0.29, 0.717) is 24.2 Å². The van der Waals surface area contributed by atoms with Gasteiger partial charge in [-0.15, -0.1) is 0 Å². The molecule has 0 unspecified atom stereocenters. The van der Waals surface area contributed by atoms with Crippen molar-refractivity contribution in [1.82, 2.24) is 9.80 Å². The standard InChI is InChI=1S/C21H23FN4O2/c1-25-8-10-26(11-9-25)21(28)17-12-14(6-7-18(17)22)13-19(23)15-4-2-3-5-16(15)20(24)27/h2-7,12,23H,8-11,13H2,1H3,(H2,24,27). The zero-order chi connectivity index (χ0) is 20.3. The van der Waals surface area contributed by atoms with E-state index in [1.807, 2.05) is 7.05 Å². The first kappa shape index (κ1) is 19.7. The van der Waals surface area contributed by atoms with E-state index in [0.717, 1.165) is 13.1 Å². The highest BCUT2D eigenvalue weighted by atomic mass is 19.1. The molecule has 0 radical (unpaired) electrons. The van der Waals surface area contributed by atoms with Crippen molar-refractivity contribution in [1.29, 1.82) is 5.41 Å². The summed E-state index contributed by atoms with van der Waals surface area (Å²) in [6.45, 7) is 2.62. The fraction of sp³-hybridized carbons (Fsp3) is 0.286. The zero-order valence-electron chi connectivity index (χ0n) is 15.7. The highest BCUT2D eigenvalue weighted by molar-refractivity contribution is 6.09. The summed E-state index contributed by atoms with van der Waals surface area (Å²) >= 11 is 0. The maximum absolute atomic E-state index is 14.3. The van der Waals surface area contributed by atoms with Gasteiger partial charge in [-0.25, -0.2) is 4.39 Å². The Morgan fingerprint density at radius 2 is 1.68 bits per heavy atom. The van der Waals surface area contributed by atoms with Crippen LogP contribution in [0.15, 0.2) is 42.5 Å². The summed E-state index contributed by atoms with van der Waals surface area (Å²) in [5, 5.41) is 8.35. The lowest BCUT2D eigenvalue weighted by Crippen LogP contribution is -2.47. The van der Waals surface area contributed by atoms with Crippen molar-refractivity contribution >= 4 is 17.5 Å². The van der Waals surface area contributed by atoms with Crippen LogP contribution in [0.2, 0.25) is 0 Å². The number of nitrogens with one attached hydrogen (secondary N) is 1. The molecule has 3 N–H and O–H groups in total. The molecule has 1 fully saturated rings. The number of carbonyl (C=O) groups excluding carboxylic acids is 2. The molecule has 7 heteroatoms. The Balaban J connectivity index is 1.81. The van der Waals surface area contributed by atoms with E-state index in [2.05, 4.69) is 4.90 Å². The van der Waals surface area contributed by atoms with E-state index >= 15 is 0 Å². The fourth-order valence-corrected chi connectivity index (χ4v) is 3.29. The van der Waals surface area contributed by atoms with Crippen LogP contribution in [0.3, 0.4) is 0 Å². The fourth-order valence-electron chi connectivity index (χ4n) is 3.29. The third-order valence-electron chi connectivity index (χ3n) is 4.95. The molecule has 28 heavy (non-hydrogen) atoms. The second-order valence-corrected chi connectivity index (χ2v) is 6.97. The summed E-state index contributed by atoms with van der Waals surface area (Å²) in [6, 6.07) is 10.9. The van der Waals surface area contributed by atoms with E-state index in [1.165, 1.54) is 12.1 Å². The molecule has 0 aromatic heterocycles. The van der Waals surface area contributed by atoms with Gasteiger partial charge >= 0.3 is 0 Å². The first-order valence-electron chi connectivity index (χ1n) is 9.09. The Morgan fingerprint density at radius 1 is 1.04 bits per heavy atom. The van der Waals surface area contributed by atoms with Crippen molar-refractivity contribution in [3.05, 3.63) is 70.5 Å². The van der Waals surface area contributed by atoms with Gasteiger partial charge in [0.25, 0.3) is 5.91 Å². The van der Waals surface area contributed by atoms with E-state index < -0.39 is 11.7 Å². The molecular formula is C21H23FN4O2. The molecule has 1 heterocycles. The van der Waals surface area contributed by atoms with Crippen LogP contribution in [0.5, 0.6) is 0 Å². The highest BCUT2D eigenvalue weighted by Crippen LogP contribution is 2.18. The molecule has 1 saturated heterocycles. The third-order valence-corrected chi connectivity index (χ3v) is 4.95. The van der Waals surface area contributed by atoms with Crippen molar-refractivity contribution in [2.75, 3.05) is 33.2 Å². The molecule has 0 spiro atoms. The predicted molar refractivity (Wildman–Crippen MR) is 105 cm³/mol. The minimum atomic E-state index is -0.606.